The van der Waals surface area contributed by atoms with Crippen LogP contribution in [0.1, 0.15) is 37.3 Å². The van der Waals surface area contributed by atoms with Crippen molar-refractivity contribution in [3.63, 3.8) is 0 Å². The zero-order chi connectivity index (χ0) is 23.3. The van der Waals surface area contributed by atoms with Crippen molar-refractivity contribution in [1.29, 1.82) is 0 Å². The minimum Gasteiger partial charge on any atom is -0.368 e. The van der Waals surface area contributed by atoms with Crippen molar-refractivity contribution in [3.8, 4) is 0 Å². The van der Waals surface area contributed by atoms with Crippen LogP contribution in [0.2, 0.25) is 5.02 Å². The molecule has 8 heteroatoms. The summed E-state index contributed by atoms with van der Waals surface area (Å²) in [6.45, 7) is 5.76. The summed E-state index contributed by atoms with van der Waals surface area (Å²) in [7, 11) is -3.48. The van der Waals surface area contributed by atoms with Gasteiger partial charge in [0, 0.05) is 42.8 Å². The van der Waals surface area contributed by atoms with Crippen LogP contribution in [-0.4, -0.2) is 46.3 Å². The van der Waals surface area contributed by atoms with Crippen molar-refractivity contribution in [2.45, 2.75) is 45.6 Å². The SMILES string of the molecule is Cc1c(Cl)cccc1N(CCCC(=O)NCCCN1c2ccccc2C[C@H]1C)S(C)(=O)=O. The number of halogens is 1. The van der Waals surface area contributed by atoms with Crippen LogP contribution >= 0.6 is 11.6 Å². The molecule has 0 aliphatic carbocycles. The van der Waals surface area contributed by atoms with Crippen LogP contribution in [0.5, 0.6) is 0 Å². The Morgan fingerprint density at radius 3 is 2.69 bits per heavy atom. The van der Waals surface area contributed by atoms with Crippen LogP contribution in [0.25, 0.3) is 0 Å². The van der Waals surface area contributed by atoms with Gasteiger partial charge in [0.05, 0.1) is 11.9 Å². The van der Waals surface area contributed by atoms with Gasteiger partial charge in [-0.1, -0.05) is 35.9 Å². The molecule has 3 rings (SSSR count). The third-order valence-electron chi connectivity index (χ3n) is 5.92. The quantitative estimate of drug-likeness (QED) is 0.522. The summed E-state index contributed by atoms with van der Waals surface area (Å²) in [5.41, 5.74) is 3.94. The molecule has 2 aromatic rings. The lowest BCUT2D eigenvalue weighted by molar-refractivity contribution is -0.121. The van der Waals surface area contributed by atoms with Crippen molar-refractivity contribution in [2.75, 3.05) is 35.1 Å². The third kappa shape index (κ3) is 5.95. The first-order valence-corrected chi connectivity index (χ1v) is 13.2. The summed E-state index contributed by atoms with van der Waals surface area (Å²) < 4.78 is 25.9. The molecule has 2 aromatic carbocycles. The van der Waals surface area contributed by atoms with Crippen molar-refractivity contribution in [3.05, 3.63) is 58.6 Å². The number of carbonyl (C=O) groups excluding carboxylic acids is 1. The topological polar surface area (TPSA) is 69.7 Å². The van der Waals surface area contributed by atoms with Gasteiger partial charge in [-0.2, -0.15) is 0 Å². The largest absolute Gasteiger partial charge is 0.368 e. The Morgan fingerprint density at radius 2 is 1.94 bits per heavy atom. The van der Waals surface area contributed by atoms with Crippen LogP contribution in [0, 0.1) is 6.92 Å². The lowest BCUT2D eigenvalue weighted by Gasteiger charge is -2.25. The number of anilines is 2. The molecule has 1 aliphatic heterocycles. The number of carbonyl (C=O) groups is 1. The molecule has 0 saturated carbocycles. The average Bonchev–Trinajstić information content (AvgIpc) is 3.05. The van der Waals surface area contributed by atoms with E-state index in [1.807, 2.05) is 0 Å². The van der Waals surface area contributed by atoms with Gasteiger partial charge in [0.15, 0.2) is 0 Å². The Bertz CT molecular complexity index is 1060. The fourth-order valence-corrected chi connectivity index (χ4v) is 5.44. The van der Waals surface area contributed by atoms with E-state index in [-0.39, 0.29) is 18.9 Å². The van der Waals surface area contributed by atoms with Crippen molar-refractivity contribution < 1.29 is 13.2 Å². The second-order valence-electron chi connectivity index (χ2n) is 8.40. The zero-order valence-corrected chi connectivity index (χ0v) is 20.5. The molecule has 0 bridgehead atoms. The monoisotopic (exact) mass is 477 g/mol. The van der Waals surface area contributed by atoms with Crippen molar-refractivity contribution in [2.24, 2.45) is 0 Å². The highest BCUT2D eigenvalue weighted by atomic mass is 35.5. The summed E-state index contributed by atoms with van der Waals surface area (Å²) in [6.07, 6.45) is 3.80. The number of sulfonamides is 1. The van der Waals surface area contributed by atoms with E-state index in [9.17, 15) is 13.2 Å². The first kappa shape index (κ1) is 24.4. The van der Waals surface area contributed by atoms with E-state index in [0.717, 1.165) is 19.4 Å². The van der Waals surface area contributed by atoms with E-state index in [2.05, 4.69) is 41.4 Å². The highest BCUT2D eigenvalue weighted by Gasteiger charge is 2.24. The van der Waals surface area contributed by atoms with E-state index in [1.54, 1.807) is 25.1 Å². The van der Waals surface area contributed by atoms with E-state index in [4.69, 9.17) is 11.6 Å². The Balaban J connectivity index is 1.44. The summed E-state index contributed by atoms with van der Waals surface area (Å²) in [5.74, 6) is -0.0591. The molecule has 1 atom stereocenters. The van der Waals surface area contributed by atoms with E-state index in [0.29, 0.717) is 35.3 Å². The van der Waals surface area contributed by atoms with Gasteiger partial charge < -0.3 is 10.2 Å². The summed E-state index contributed by atoms with van der Waals surface area (Å²) >= 11 is 6.16. The summed E-state index contributed by atoms with van der Waals surface area (Å²) in [6, 6.07) is 14.2. The third-order valence-corrected chi connectivity index (χ3v) is 7.51. The molecule has 1 N–H and O–H groups in total. The highest BCUT2D eigenvalue weighted by molar-refractivity contribution is 7.92. The number of hydrogen-bond donors (Lipinski definition) is 1. The zero-order valence-electron chi connectivity index (χ0n) is 19.0. The normalized spacial score (nSPS) is 15.5. The molecule has 1 amide bonds. The van der Waals surface area contributed by atoms with Crippen LogP contribution in [-0.2, 0) is 21.2 Å². The lowest BCUT2D eigenvalue weighted by Crippen LogP contribution is -2.34. The molecular formula is C24H32ClN3O3S. The maximum absolute atomic E-state index is 12.3. The van der Waals surface area contributed by atoms with E-state index >= 15 is 0 Å². The first-order chi connectivity index (χ1) is 15.2. The number of fused-ring (bicyclic) bond motifs is 1. The predicted octanol–water partition coefficient (Wildman–Crippen LogP) is 4.15. The maximum atomic E-state index is 12.3. The van der Waals surface area contributed by atoms with Gasteiger partial charge in [-0.05, 0) is 62.4 Å². The number of rotatable bonds is 10. The molecule has 0 radical (unpaired) electrons. The smallest absolute Gasteiger partial charge is 0.232 e. The van der Waals surface area contributed by atoms with Gasteiger partial charge in [0.1, 0.15) is 0 Å². The van der Waals surface area contributed by atoms with Gasteiger partial charge in [0.2, 0.25) is 15.9 Å². The van der Waals surface area contributed by atoms with Gasteiger partial charge in [-0.3, -0.25) is 9.10 Å². The molecule has 32 heavy (non-hydrogen) atoms. The molecule has 0 spiro atoms. The maximum Gasteiger partial charge on any atom is 0.232 e. The Labute approximate surface area is 196 Å². The van der Waals surface area contributed by atoms with Gasteiger partial charge >= 0.3 is 0 Å². The molecule has 1 aliphatic rings. The number of hydrogen-bond acceptors (Lipinski definition) is 4. The summed E-state index contributed by atoms with van der Waals surface area (Å²) in [5, 5.41) is 3.48. The summed E-state index contributed by atoms with van der Waals surface area (Å²) in [4.78, 5) is 14.7. The van der Waals surface area contributed by atoms with Crippen LogP contribution in [0.15, 0.2) is 42.5 Å². The standard InChI is InChI=1S/C24H32ClN3O3S/c1-18-17-20-9-4-5-11-23(20)27(18)15-8-14-26-24(29)13-7-16-28(32(3,30)31)22-12-6-10-21(25)19(22)2/h4-6,9-12,18H,7-8,13-17H2,1-3H3,(H,26,29)/t18-/m1/s1. The van der Waals surface area contributed by atoms with E-state index < -0.39 is 10.0 Å². The van der Waals surface area contributed by atoms with Crippen LogP contribution in [0.3, 0.4) is 0 Å². The lowest BCUT2D eigenvalue weighted by atomic mass is 10.1. The minimum absolute atomic E-state index is 0.0591. The fourth-order valence-electron chi connectivity index (χ4n) is 4.25. The van der Waals surface area contributed by atoms with Crippen molar-refractivity contribution in [1.82, 2.24) is 5.32 Å². The first-order valence-electron chi connectivity index (χ1n) is 11.0. The average molecular weight is 478 g/mol. The molecule has 0 fully saturated rings. The molecule has 0 aromatic heterocycles. The Hall–Kier alpha value is -2.25. The second-order valence-corrected chi connectivity index (χ2v) is 10.7. The van der Waals surface area contributed by atoms with Crippen molar-refractivity contribution >= 4 is 38.9 Å². The molecule has 6 nitrogen and oxygen atoms in total. The van der Waals surface area contributed by atoms with Crippen LogP contribution in [0.4, 0.5) is 11.4 Å². The Kier molecular flexibility index (Phi) is 8.06. The number of benzene rings is 2. The fraction of sp³-hybridized carbons (Fsp3) is 0.458. The molecule has 0 saturated heterocycles. The second kappa shape index (κ2) is 10.6. The highest BCUT2D eigenvalue weighted by Crippen LogP contribution is 2.31. The number of amides is 1. The predicted molar refractivity (Wildman–Crippen MR) is 132 cm³/mol. The molecular weight excluding hydrogens is 446 g/mol. The molecule has 174 valence electrons. The number of nitrogens with zero attached hydrogens (tertiary/aromatic N) is 2. The van der Waals surface area contributed by atoms with Gasteiger partial charge in [0.25, 0.3) is 0 Å². The van der Waals surface area contributed by atoms with Gasteiger partial charge in [-0.25, -0.2) is 8.42 Å². The number of nitrogens with one attached hydrogen (secondary N) is 1. The van der Waals surface area contributed by atoms with E-state index in [1.165, 1.54) is 21.8 Å². The van der Waals surface area contributed by atoms with Gasteiger partial charge in [-0.15, -0.1) is 0 Å². The van der Waals surface area contributed by atoms with Crippen LogP contribution < -0.4 is 14.5 Å². The molecule has 0 unspecified atom stereocenters. The Morgan fingerprint density at radius 1 is 1.19 bits per heavy atom. The minimum atomic E-state index is -3.48. The molecule has 1 heterocycles. The number of para-hydroxylation sites is 1.